The van der Waals surface area contributed by atoms with Crippen LogP contribution in [0.3, 0.4) is 0 Å². The van der Waals surface area contributed by atoms with Crippen LogP contribution in [0, 0.1) is 11.8 Å². The second-order valence-corrected chi connectivity index (χ2v) is 13.5. The molecular formula is C31H43BrCl3N7O2. The van der Waals surface area contributed by atoms with Crippen LogP contribution in [-0.2, 0) is 16.1 Å². The molecule has 0 atom stereocenters. The van der Waals surface area contributed by atoms with Crippen LogP contribution in [0.1, 0.15) is 84.2 Å². The molecule has 0 bridgehead atoms. The Balaban J connectivity index is 0.000000461. The summed E-state index contributed by atoms with van der Waals surface area (Å²) < 4.78 is 3.14. The maximum absolute atomic E-state index is 12.1. The molecule has 0 saturated heterocycles. The van der Waals surface area contributed by atoms with Crippen molar-refractivity contribution in [1.82, 2.24) is 24.8 Å². The molecule has 6 rings (SSSR count). The first-order valence-corrected chi connectivity index (χ1v) is 17.0. The maximum atomic E-state index is 12.1. The predicted molar refractivity (Wildman–Crippen MR) is 185 cm³/mol. The lowest BCUT2D eigenvalue weighted by Crippen LogP contribution is -2.40. The summed E-state index contributed by atoms with van der Waals surface area (Å²) in [4.78, 5) is 36.3. The Morgan fingerprint density at radius 2 is 1.55 bits per heavy atom. The summed E-state index contributed by atoms with van der Waals surface area (Å²) >= 11 is 18.1. The molecule has 0 spiro atoms. The van der Waals surface area contributed by atoms with Gasteiger partial charge in [-0.2, -0.15) is 9.97 Å². The monoisotopic (exact) mass is 729 g/mol. The van der Waals surface area contributed by atoms with Gasteiger partial charge < -0.3 is 20.5 Å². The van der Waals surface area contributed by atoms with Gasteiger partial charge in [0.05, 0.1) is 11.7 Å². The smallest absolute Gasteiger partial charge is 0.227 e. The number of imidazole rings is 1. The molecule has 0 aliphatic heterocycles. The SMILES string of the molecule is C.CC(C)n1cnc2c(NCc3ccc(Br)cc3)nc(NC3CCC(NC(=O)C4CC4)CC3)nc21.ClCCl.O=C(Cl)C1CC1. The summed E-state index contributed by atoms with van der Waals surface area (Å²) in [7, 11) is 0. The number of carbonyl (C=O) groups excluding carboxylic acids is 2. The number of hydrogen-bond acceptors (Lipinski definition) is 7. The third-order valence-corrected chi connectivity index (χ3v) is 8.44. The van der Waals surface area contributed by atoms with E-state index >= 15 is 0 Å². The number of nitrogens with zero attached hydrogens (tertiary/aromatic N) is 4. The number of benzene rings is 1. The predicted octanol–water partition coefficient (Wildman–Crippen LogP) is 8.25. The zero-order chi connectivity index (χ0) is 30.9. The molecule has 44 heavy (non-hydrogen) atoms. The van der Waals surface area contributed by atoms with E-state index in [-0.39, 0.29) is 41.8 Å². The molecule has 3 fully saturated rings. The molecule has 13 heteroatoms. The number of carbonyl (C=O) groups is 2. The molecule has 3 aliphatic carbocycles. The average Bonchev–Trinajstić information content (AvgIpc) is 3.91. The van der Waals surface area contributed by atoms with E-state index in [1.54, 1.807) is 0 Å². The van der Waals surface area contributed by atoms with E-state index in [1.807, 2.05) is 18.5 Å². The number of anilines is 2. The number of halogens is 4. The van der Waals surface area contributed by atoms with Gasteiger partial charge in [-0.15, -0.1) is 23.2 Å². The first-order chi connectivity index (χ1) is 20.7. The largest absolute Gasteiger partial charge is 0.364 e. The first kappa shape index (κ1) is 36.3. The van der Waals surface area contributed by atoms with Crippen molar-refractivity contribution in [3.8, 4) is 0 Å². The molecule has 2 heterocycles. The third kappa shape index (κ3) is 11.0. The molecule has 1 aromatic carbocycles. The quantitative estimate of drug-likeness (QED) is 0.150. The van der Waals surface area contributed by atoms with Crippen molar-refractivity contribution in [3.05, 3.63) is 40.6 Å². The standard InChI is InChI=1S/C25H32BrN7O.C4H5ClO.CH2Cl2.CH4/c1-15(2)33-14-28-21-22(27-13-16-3-7-18(26)8-4-16)31-25(32-23(21)33)30-20-11-9-19(10-12-20)29-24(34)17-5-6-17;5-4(6)3-1-2-3;2-1-3;/h3-4,7-8,14-15,17,19-20H,5-6,9-13H2,1-2H3,(H,29,34)(H2,27,30,31,32);3H,1-2H2;1H2;1H4. The van der Waals surface area contributed by atoms with Crippen molar-refractivity contribution in [3.63, 3.8) is 0 Å². The number of nitrogens with one attached hydrogen (secondary N) is 3. The van der Waals surface area contributed by atoms with Crippen molar-refractivity contribution in [1.29, 1.82) is 0 Å². The van der Waals surface area contributed by atoms with Gasteiger partial charge in [0.1, 0.15) is 0 Å². The highest BCUT2D eigenvalue weighted by molar-refractivity contribution is 9.10. The maximum Gasteiger partial charge on any atom is 0.227 e. The Hall–Kier alpha value is -2.14. The van der Waals surface area contributed by atoms with Gasteiger partial charge in [-0.3, -0.25) is 9.59 Å². The van der Waals surface area contributed by atoms with Crippen LogP contribution in [0.4, 0.5) is 11.8 Å². The lowest BCUT2D eigenvalue weighted by atomic mass is 9.91. The van der Waals surface area contributed by atoms with E-state index in [2.05, 4.69) is 67.4 Å². The van der Waals surface area contributed by atoms with Gasteiger partial charge in [0.15, 0.2) is 17.0 Å². The van der Waals surface area contributed by atoms with Crippen molar-refractivity contribution >= 4 is 84.8 Å². The van der Waals surface area contributed by atoms with Gasteiger partial charge in [-0.05, 0) is 94.5 Å². The highest BCUT2D eigenvalue weighted by Gasteiger charge is 2.32. The van der Waals surface area contributed by atoms with Crippen molar-refractivity contribution in [2.75, 3.05) is 16.0 Å². The summed E-state index contributed by atoms with van der Waals surface area (Å²) in [5, 5.41) is 10.3. The van der Waals surface area contributed by atoms with E-state index < -0.39 is 0 Å². The Kier molecular flexibility index (Phi) is 14.5. The minimum Gasteiger partial charge on any atom is -0.364 e. The minimum absolute atomic E-state index is 0. The average molecular weight is 732 g/mol. The molecule has 3 saturated carbocycles. The number of aromatic nitrogens is 4. The van der Waals surface area contributed by atoms with Gasteiger partial charge >= 0.3 is 0 Å². The van der Waals surface area contributed by atoms with Crippen LogP contribution in [0.25, 0.3) is 11.2 Å². The molecule has 242 valence electrons. The molecule has 1 amide bonds. The van der Waals surface area contributed by atoms with Gasteiger partial charge in [0.2, 0.25) is 17.1 Å². The lowest BCUT2D eigenvalue weighted by Gasteiger charge is -2.29. The topological polar surface area (TPSA) is 114 Å². The molecule has 3 aliphatic rings. The van der Waals surface area contributed by atoms with Crippen LogP contribution < -0.4 is 16.0 Å². The fraction of sp³-hybridized carbons (Fsp3) is 0.581. The Labute approximate surface area is 283 Å². The van der Waals surface area contributed by atoms with E-state index in [4.69, 9.17) is 44.8 Å². The van der Waals surface area contributed by atoms with Crippen molar-refractivity contribution in [2.24, 2.45) is 11.8 Å². The summed E-state index contributed by atoms with van der Waals surface area (Å²) in [5.74, 6) is 2.10. The molecule has 0 radical (unpaired) electrons. The van der Waals surface area contributed by atoms with Crippen LogP contribution in [0.5, 0.6) is 0 Å². The molecule has 9 nitrogen and oxygen atoms in total. The molecular weight excluding hydrogens is 689 g/mol. The Bertz CT molecular complexity index is 1360. The van der Waals surface area contributed by atoms with E-state index in [9.17, 15) is 9.59 Å². The fourth-order valence-electron chi connectivity index (χ4n) is 4.81. The van der Waals surface area contributed by atoms with Gasteiger partial charge in [-0.25, -0.2) is 4.98 Å². The minimum atomic E-state index is -0.157. The van der Waals surface area contributed by atoms with Crippen LogP contribution in [0.2, 0.25) is 0 Å². The molecule has 2 aromatic heterocycles. The Morgan fingerprint density at radius 3 is 2.07 bits per heavy atom. The summed E-state index contributed by atoms with van der Waals surface area (Å²) in [5.41, 5.74) is 2.78. The van der Waals surface area contributed by atoms with Crippen LogP contribution >= 0.6 is 50.7 Å². The first-order valence-electron chi connectivity index (χ1n) is 14.8. The zero-order valence-corrected chi connectivity index (χ0v) is 28.3. The number of fused-ring (bicyclic) bond motifs is 1. The molecule has 3 aromatic rings. The normalized spacial score (nSPS) is 19.1. The lowest BCUT2D eigenvalue weighted by molar-refractivity contribution is -0.123. The fourth-order valence-corrected chi connectivity index (χ4v) is 5.29. The second-order valence-electron chi connectivity index (χ2n) is 11.4. The number of alkyl halides is 2. The highest BCUT2D eigenvalue weighted by atomic mass is 79.9. The number of rotatable bonds is 9. The van der Waals surface area contributed by atoms with Gasteiger partial charge in [0.25, 0.3) is 0 Å². The molecule has 3 N–H and O–H groups in total. The third-order valence-electron chi connectivity index (χ3n) is 7.60. The highest BCUT2D eigenvalue weighted by Crippen LogP contribution is 2.31. The zero-order valence-electron chi connectivity index (χ0n) is 24.5. The summed E-state index contributed by atoms with van der Waals surface area (Å²) in [6, 6.07) is 9.08. The number of amides is 1. The van der Waals surface area contributed by atoms with Gasteiger partial charge in [-0.1, -0.05) is 35.5 Å². The Morgan fingerprint density at radius 1 is 0.955 bits per heavy atom. The van der Waals surface area contributed by atoms with E-state index in [0.717, 1.165) is 72.8 Å². The van der Waals surface area contributed by atoms with Crippen molar-refractivity contribution < 1.29 is 9.59 Å². The van der Waals surface area contributed by atoms with Crippen LogP contribution in [0.15, 0.2) is 35.1 Å². The van der Waals surface area contributed by atoms with Gasteiger partial charge in [0, 0.05) is 41.0 Å². The summed E-state index contributed by atoms with van der Waals surface area (Å²) in [6.45, 7) is 4.91. The van der Waals surface area contributed by atoms with Crippen LogP contribution in [-0.4, -0.2) is 48.1 Å². The number of hydrogen-bond donors (Lipinski definition) is 3. The second kappa shape index (κ2) is 17.5. The molecule has 0 unspecified atom stereocenters. The van der Waals surface area contributed by atoms with E-state index in [1.165, 1.54) is 5.56 Å². The summed E-state index contributed by atoms with van der Waals surface area (Å²) in [6.07, 6.45) is 9.91. The van der Waals surface area contributed by atoms with E-state index in [0.29, 0.717) is 24.6 Å². The van der Waals surface area contributed by atoms with Crippen molar-refractivity contribution in [2.45, 2.75) is 97.3 Å².